The summed E-state index contributed by atoms with van der Waals surface area (Å²) in [6.45, 7) is 4.81. The van der Waals surface area contributed by atoms with E-state index in [2.05, 4.69) is 105 Å². The molecule has 1 heteroatoms. The van der Waals surface area contributed by atoms with E-state index in [-0.39, 0.29) is 5.41 Å². The van der Waals surface area contributed by atoms with Crippen molar-refractivity contribution in [1.29, 1.82) is 0 Å². The van der Waals surface area contributed by atoms with Crippen LogP contribution < -0.4 is 0 Å². The predicted molar refractivity (Wildman–Crippen MR) is 153 cm³/mol. The molecule has 1 unspecified atom stereocenters. The fraction of sp³-hybridized carbons (Fsp3) is 0.222. The van der Waals surface area contributed by atoms with Crippen molar-refractivity contribution in [3.05, 3.63) is 124 Å². The molecular weight excluding hydrogens is 448 g/mol. The van der Waals surface area contributed by atoms with Crippen LogP contribution in [0.25, 0.3) is 39.3 Å². The highest BCUT2D eigenvalue weighted by Gasteiger charge is 2.39. The van der Waals surface area contributed by atoms with E-state index in [0.29, 0.717) is 5.92 Å². The van der Waals surface area contributed by atoms with Gasteiger partial charge in [0, 0.05) is 27.8 Å². The molecule has 0 radical (unpaired) electrons. The highest BCUT2D eigenvalue weighted by atomic mass is 16.3. The maximum absolute atomic E-state index is 6.57. The van der Waals surface area contributed by atoms with Crippen LogP contribution in [0.4, 0.5) is 0 Å². The highest BCUT2D eigenvalue weighted by Crippen LogP contribution is 2.55. The van der Waals surface area contributed by atoms with Gasteiger partial charge in [-0.25, -0.2) is 0 Å². The summed E-state index contributed by atoms with van der Waals surface area (Å²) in [5.74, 6) is 1.35. The molecule has 1 atom stereocenters. The normalized spacial score (nSPS) is 18.5. The second-order valence-corrected chi connectivity index (χ2v) is 11.5. The van der Waals surface area contributed by atoms with E-state index in [1.54, 1.807) is 0 Å². The number of rotatable bonds is 1. The molecule has 0 aliphatic heterocycles. The Bertz CT molecular complexity index is 1760. The largest absolute Gasteiger partial charge is 0.456 e. The molecule has 37 heavy (non-hydrogen) atoms. The smallest absolute Gasteiger partial charge is 0.138 e. The number of fused-ring (bicyclic) bond motifs is 10. The maximum Gasteiger partial charge on any atom is 0.138 e. The van der Waals surface area contributed by atoms with Gasteiger partial charge in [-0.3, -0.25) is 0 Å². The minimum absolute atomic E-state index is 0.0311. The molecule has 8 rings (SSSR count). The van der Waals surface area contributed by atoms with Crippen molar-refractivity contribution < 1.29 is 4.42 Å². The molecule has 3 aliphatic carbocycles. The Kier molecular flexibility index (Phi) is 4.36. The third-order valence-electron chi connectivity index (χ3n) is 9.20. The lowest BCUT2D eigenvalue weighted by atomic mass is 9.76. The molecule has 0 saturated heterocycles. The van der Waals surface area contributed by atoms with E-state index >= 15 is 0 Å². The molecule has 5 aromatic rings. The SMILES string of the molecule is CC1(C)c2ccccc2-c2ccc3c(c21)-c1ccccc1C(c1cccc2c4c(oc12)C=CCC4)CC3. The summed E-state index contributed by atoms with van der Waals surface area (Å²) in [6, 6.07) is 29.7. The Morgan fingerprint density at radius 1 is 0.757 bits per heavy atom. The van der Waals surface area contributed by atoms with Crippen molar-refractivity contribution in [2.45, 2.75) is 50.9 Å². The molecule has 1 heterocycles. The van der Waals surface area contributed by atoms with Crippen LogP contribution in [0, 0.1) is 0 Å². The summed E-state index contributed by atoms with van der Waals surface area (Å²) in [5.41, 5.74) is 15.3. The van der Waals surface area contributed by atoms with Gasteiger partial charge in [0.25, 0.3) is 0 Å². The second-order valence-electron chi connectivity index (χ2n) is 11.5. The first-order valence-corrected chi connectivity index (χ1v) is 13.7. The van der Waals surface area contributed by atoms with E-state index in [4.69, 9.17) is 4.42 Å². The van der Waals surface area contributed by atoms with Crippen LogP contribution >= 0.6 is 0 Å². The van der Waals surface area contributed by atoms with E-state index < -0.39 is 0 Å². The van der Waals surface area contributed by atoms with Crippen LogP contribution in [0.2, 0.25) is 0 Å². The van der Waals surface area contributed by atoms with Gasteiger partial charge in [0.1, 0.15) is 11.3 Å². The quantitative estimate of drug-likeness (QED) is 0.234. The van der Waals surface area contributed by atoms with Crippen LogP contribution in [0.15, 0.2) is 89.4 Å². The standard InChI is InChI=1S/C36H30O/c1-36(2)31-16-7-5-11-25(31)28-21-19-22-18-20-24(23-10-3-4-13-27(23)33(22)34(28)36)29-14-9-15-30-26-12-6-8-17-32(26)37-35(29)30/h3-5,7-11,13-17,19,21,24H,6,12,18,20H2,1-2H3. The summed E-state index contributed by atoms with van der Waals surface area (Å²) < 4.78 is 6.57. The molecule has 180 valence electrons. The van der Waals surface area contributed by atoms with Gasteiger partial charge < -0.3 is 4.42 Å². The topological polar surface area (TPSA) is 13.1 Å². The number of allylic oxidation sites excluding steroid dienone is 1. The van der Waals surface area contributed by atoms with Gasteiger partial charge in [-0.2, -0.15) is 0 Å². The number of benzene rings is 4. The number of furan rings is 1. The van der Waals surface area contributed by atoms with E-state index in [1.807, 2.05) is 0 Å². The second kappa shape index (κ2) is 7.59. The minimum atomic E-state index is -0.0311. The van der Waals surface area contributed by atoms with E-state index in [0.717, 1.165) is 37.0 Å². The monoisotopic (exact) mass is 478 g/mol. The Morgan fingerprint density at radius 2 is 1.57 bits per heavy atom. The van der Waals surface area contributed by atoms with Crippen LogP contribution in [0.1, 0.15) is 71.7 Å². The van der Waals surface area contributed by atoms with Gasteiger partial charge in [0.15, 0.2) is 0 Å². The van der Waals surface area contributed by atoms with Crippen molar-refractivity contribution in [2.75, 3.05) is 0 Å². The van der Waals surface area contributed by atoms with Crippen LogP contribution in [-0.2, 0) is 18.3 Å². The van der Waals surface area contributed by atoms with Crippen molar-refractivity contribution in [3.63, 3.8) is 0 Å². The summed E-state index contributed by atoms with van der Waals surface area (Å²) in [5, 5.41) is 1.30. The molecule has 0 amide bonds. The molecular formula is C36H30O. The number of aryl methyl sites for hydroxylation is 2. The number of hydrogen-bond acceptors (Lipinski definition) is 1. The van der Waals surface area contributed by atoms with Crippen LogP contribution in [-0.4, -0.2) is 0 Å². The zero-order valence-corrected chi connectivity index (χ0v) is 21.5. The lowest BCUT2D eigenvalue weighted by molar-refractivity contribution is 0.585. The van der Waals surface area contributed by atoms with Gasteiger partial charge in [0.2, 0.25) is 0 Å². The Hall–Kier alpha value is -3.84. The number of para-hydroxylation sites is 1. The van der Waals surface area contributed by atoms with Crippen molar-refractivity contribution in [1.82, 2.24) is 0 Å². The summed E-state index contributed by atoms with van der Waals surface area (Å²) in [4.78, 5) is 0. The average molecular weight is 479 g/mol. The molecule has 0 bridgehead atoms. The van der Waals surface area contributed by atoms with Crippen molar-refractivity contribution in [2.24, 2.45) is 0 Å². The lowest BCUT2D eigenvalue weighted by Crippen LogP contribution is -2.17. The molecule has 0 N–H and O–H groups in total. The predicted octanol–water partition coefficient (Wildman–Crippen LogP) is 9.44. The molecule has 0 fully saturated rings. The van der Waals surface area contributed by atoms with Gasteiger partial charge in [-0.05, 0) is 76.3 Å². The van der Waals surface area contributed by atoms with Gasteiger partial charge in [-0.1, -0.05) is 98.8 Å². The molecule has 4 aromatic carbocycles. The third-order valence-corrected chi connectivity index (χ3v) is 9.20. The van der Waals surface area contributed by atoms with Crippen molar-refractivity contribution >= 4 is 17.0 Å². The van der Waals surface area contributed by atoms with Crippen molar-refractivity contribution in [3.8, 4) is 22.3 Å². The minimum Gasteiger partial charge on any atom is -0.456 e. The molecule has 0 saturated carbocycles. The van der Waals surface area contributed by atoms with Gasteiger partial charge in [0.05, 0.1) is 0 Å². The average Bonchev–Trinajstić information content (AvgIpc) is 3.36. The summed E-state index contributed by atoms with van der Waals surface area (Å²) in [7, 11) is 0. The van der Waals surface area contributed by atoms with E-state index in [9.17, 15) is 0 Å². The zero-order valence-electron chi connectivity index (χ0n) is 21.5. The highest BCUT2D eigenvalue weighted by molar-refractivity contribution is 5.92. The maximum atomic E-state index is 6.57. The van der Waals surface area contributed by atoms with Crippen LogP contribution in [0.5, 0.6) is 0 Å². The lowest BCUT2D eigenvalue weighted by Gasteiger charge is -2.26. The first kappa shape index (κ1) is 21.3. The molecule has 1 aromatic heterocycles. The first-order valence-electron chi connectivity index (χ1n) is 13.7. The number of hydrogen-bond donors (Lipinski definition) is 0. The molecule has 3 aliphatic rings. The zero-order chi connectivity index (χ0) is 24.7. The molecule has 0 spiro atoms. The van der Waals surface area contributed by atoms with Gasteiger partial charge >= 0.3 is 0 Å². The van der Waals surface area contributed by atoms with E-state index in [1.165, 1.54) is 61.0 Å². The summed E-state index contributed by atoms with van der Waals surface area (Å²) >= 11 is 0. The Morgan fingerprint density at radius 3 is 2.49 bits per heavy atom. The summed E-state index contributed by atoms with van der Waals surface area (Å²) in [6.07, 6.45) is 8.71. The fourth-order valence-electron chi connectivity index (χ4n) is 7.54. The molecule has 1 nitrogen and oxygen atoms in total. The Labute approximate surface area is 218 Å². The van der Waals surface area contributed by atoms with Gasteiger partial charge in [-0.15, -0.1) is 0 Å². The van der Waals surface area contributed by atoms with Crippen LogP contribution in [0.3, 0.4) is 0 Å². The first-order chi connectivity index (χ1) is 18.1. The Balaban J connectivity index is 1.37. The third kappa shape index (κ3) is 2.86. The fourth-order valence-corrected chi connectivity index (χ4v) is 7.54.